The number of hydrogen-bond donors (Lipinski definition) is 2. The van der Waals surface area contributed by atoms with Gasteiger partial charge in [0.1, 0.15) is 11.9 Å². The molecule has 7 heteroatoms. The van der Waals surface area contributed by atoms with Gasteiger partial charge >= 0.3 is 6.09 Å². The number of aliphatic hydroxyl groups is 1. The number of carbonyl (C=O) groups is 1. The van der Waals surface area contributed by atoms with Crippen LogP contribution in [0.3, 0.4) is 0 Å². The lowest BCUT2D eigenvalue weighted by atomic mass is 9.96. The van der Waals surface area contributed by atoms with Crippen LogP contribution in [0, 0.1) is 11.7 Å². The Labute approximate surface area is 134 Å². The van der Waals surface area contributed by atoms with Gasteiger partial charge in [0, 0.05) is 13.1 Å². The van der Waals surface area contributed by atoms with Gasteiger partial charge in [0.15, 0.2) is 0 Å². The summed E-state index contributed by atoms with van der Waals surface area (Å²) in [5, 5.41) is 9.07. The van der Waals surface area contributed by atoms with E-state index in [4.69, 9.17) is 15.6 Å². The number of halogens is 1. The van der Waals surface area contributed by atoms with Crippen LogP contribution in [0.4, 0.5) is 20.6 Å². The van der Waals surface area contributed by atoms with Crippen molar-refractivity contribution >= 4 is 17.5 Å². The highest BCUT2D eigenvalue weighted by Crippen LogP contribution is 2.30. The van der Waals surface area contributed by atoms with Crippen molar-refractivity contribution in [2.24, 2.45) is 11.7 Å². The second-order valence-corrected chi connectivity index (χ2v) is 6.10. The van der Waals surface area contributed by atoms with E-state index < -0.39 is 12.2 Å². The second-order valence-electron chi connectivity index (χ2n) is 6.10. The third-order valence-electron chi connectivity index (χ3n) is 4.61. The van der Waals surface area contributed by atoms with Crippen LogP contribution in [0.1, 0.15) is 12.8 Å². The summed E-state index contributed by atoms with van der Waals surface area (Å²) in [4.78, 5) is 15.1. The minimum atomic E-state index is -0.556. The van der Waals surface area contributed by atoms with Crippen LogP contribution in [0.5, 0.6) is 0 Å². The molecule has 1 aromatic rings. The average molecular weight is 323 g/mol. The third-order valence-corrected chi connectivity index (χ3v) is 4.61. The molecule has 2 aliphatic rings. The lowest BCUT2D eigenvalue weighted by Gasteiger charge is -2.33. The first-order chi connectivity index (χ1) is 11.1. The fourth-order valence-corrected chi connectivity index (χ4v) is 3.16. The maximum absolute atomic E-state index is 14.5. The first kappa shape index (κ1) is 16.0. The van der Waals surface area contributed by atoms with Gasteiger partial charge < -0.3 is 20.5 Å². The number of nitrogens with two attached hydrogens (primary N) is 1. The van der Waals surface area contributed by atoms with Crippen molar-refractivity contribution < 1.29 is 19.0 Å². The normalized spacial score (nSPS) is 22.6. The molecule has 23 heavy (non-hydrogen) atoms. The van der Waals surface area contributed by atoms with Gasteiger partial charge in [-0.1, -0.05) is 0 Å². The fourth-order valence-electron chi connectivity index (χ4n) is 3.16. The Bertz CT molecular complexity index is 576. The number of cyclic esters (lactones) is 1. The molecule has 2 heterocycles. The molecule has 126 valence electrons. The zero-order valence-corrected chi connectivity index (χ0v) is 12.9. The zero-order chi connectivity index (χ0) is 16.4. The Morgan fingerprint density at radius 1 is 1.35 bits per heavy atom. The summed E-state index contributed by atoms with van der Waals surface area (Å²) in [5.41, 5.74) is 6.68. The van der Waals surface area contributed by atoms with Gasteiger partial charge in [0.2, 0.25) is 0 Å². The zero-order valence-electron chi connectivity index (χ0n) is 12.9. The number of hydrogen-bond acceptors (Lipinski definition) is 5. The lowest BCUT2D eigenvalue weighted by molar-refractivity contribution is 0.0963. The maximum Gasteiger partial charge on any atom is 0.414 e. The molecule has 0 radical (unpaired) electrons. The highest BCUT2D eigenvalue weighted by molar-refractivity contribution is 5.90. The van der Waals surface area contributed by atoms with E-state index in [9.17, 15) is 9.18 Å². The molecule has 0 aliphatic carbocycles. The van der Waals surface area contributed by atoms with Gasteiger partial charge in [0.05, 0.1) is 24.5 Å². The van der Waals surface area contributed by atoms with Crippen molar-refractivity contribution in [1.82, 2.24) is 0 Å². The first-order valence-corrected chi connectivity index (χ1v) is 7.96. The maximum atomic E-state index is 14.5. The van der Waals surface area contributed by atoms with Crippen molar-refractivity contribution in [3.05, 3.63) is 24.0 Å². The van der Waals surface area contributed by atoms with Gasteiger partial charge in [-0.25, -0.2) is 9.18 Å². The van der Waals surface area contributed by atoms with E-state index in [1.165, 1.54) is 11.0 Å². The van der Waals surface area contributed by atoms with Gasteiger partial charge in [0.25, 0.3) is 0 Å². The molecular formula is C16H22FN3O3. The van der Waals surface area contributed by atoms with Gasteiger partial charge in [-0.3, -0.25) is 4.90 Å². The van der Waals surface area contributed by atoms with Crippen LogP contribution in [-0.4, -0.2) is 50.1 Å². The summed E-state index contributed by atoms with van der Waals surface area (Å²) in [6, 6.07) is 4.77. The number of carbonyl (C=O) groups excluding carboxylic acids is 1. The summed E-state index contributed by atoms with van der Waals surface area (Å²) < 4.78 is 19.5. The highest BCUT2D eigenvalue weighted by Gasteiger charge is 2.32. The predicted molar refractivity (Wildman–Crippen MR) is 85.1 cm³/mol. The van der Waals surface area contributed by atoms with Crippen LogP contribution in [0.15, 0.2) is 18.2 Å². The Balaban J connectivity index is 1.73. The van der Waals surface area contributed by atoms with Crippen molar-refractivity contribution in [1.29, 1.82) is 0 Å². The number of ether oxygens (including phenoxy) is 1. The average Bonchev–Trinajstić information content (AvgIpc) is 2.96. The molecule has 1 aromatic carbocycles. The number of benzene rings is 1. The van der Waals surface area contributed by atoms with Gasteiger partial charge in [-0.05, 0) is 43.5 Å². The molecule has 1 amide bonds. The van der Waals surface area contributed by atoms with E-state index in [0.717, 1.165) is 25.9 Å². The minimum absolute atomic E-state index is 0.232. The molecule has 1 atom stereocenters. The number of amides is 1. The molecule has 2 fully saturated rings. The molecule has 0 saturated carbocycles. The molecule has 1 unspecified atom stereocenters. The second kappa shape index (κ2) is 6.72. The Morgan fingerprint density at radius 2 is 2.09 bits per heavy atom. The SMILES string of the molecule is NCC1CCN(c2ccc(N3CC(CO)OC3=O)cc2F)CC1. The molecule has 0 bridgehead atoms. The molecule has 3 rings (SSSR count). The Kier molecular flexibility index (Phi) is 4.68. The summed E-state index contributed by atoms with van der Waals surface area (Å²) in [7, 11) is 0. The van der Waals surface area contributed by atoms with E-state index in [2.05, 4.69) is 0 Å². The van der Waals surface area contributed by atoms with Crippen molar-refractivity contribution in [2.45, 2.75) is 18.9 Å². The van der Waals surface area contributed by atoms with E-state index in [1.807, 2.05) is 4.90 Å². The fraction of sp³-hybridized carbons (Fsp3) is 0.562. The standard InChI is InChI=1S/C16H22FN3O3/c17-14-7-12(20-9-13(10-21)23-16(20)22)1-2-15(14)19-5-3-11(8-18)4-6-19/h1-2,7,11,13,21H,3-6,8-10,18H2. The van der Waals surface area contributed by atoms with Crippen LogP contribution < -0.4 is 15.5 Å². The number of nitrogens with zero attached hydrogens (tertiary/aromatic N) is 2. The predicted octanol–water partition coefficient (Wildman–Crippen LogP) is 1.32. The summed E-state index contributed by atoms with van der Waals surface area (Å²) in [5.74, 6) is 0.164. The Morgan fingerprint density at radius 3 is 2.65 bits per heavy atom. The lowest BCUT2D eigenvalue weighted by Crippen LogP contribution is -2.36. The smallest absolute Gasteiger partial charge is 0.414 e. The van der Waals surface area contributed by atoms with Crippen molar-refractivity contribution in [3.8, 4) is 0 Å². The van der Waals surface area contributed by atoms with Gasteiger partial charge in [-0.2, -0.15) is 0 Å². The van der Waals surface area contributed by atoms with Crippen LogP contribution >= 0.6 is 0 Å². The van der Waals surface area contributed by atoms with E-state index in [-0.39, 0.29) is 19.0 Å². The topological polar surface area (TPSA) is 79.0 Å². The van der Waals surface area contributed by atoms with Crippen LogP contribution in [0.25, 0.3) is 0 Å². The number of aliphatic hydroxyl groups excluding tert-OH is 1. The number of rotatable bonds is 4. The summed E-state index contributed by atoms with van der Waals surface area (Å²) in [6.07, 6.45) is 0.823. The molecule has 3 N–H and O–H groups in total. The highest BCUT2D eigenvalue weighted by atomic mass is 19.1. The Hall–Kier alpha value is -1.86. The number of anilines is 2. The molecule has 2 saturated heterocycles. The van der Waals surface area contributed by atoms with E-state index in [0.29, 0.717) is 23.8 Å². The van der Waals surface area contributed by atoms with Crippen molar-refractivity contribution in [3.63, 3.8) is 0 Å². The quantitative estimate of drug-likeness (QED) is 0.874. The monoisotopic (exact) mass is 323 g/mol. The molecular weight excluding hydrogens is 301 g/mol. The number of piperidine rings is 1. The molecule has 0 aromatic heterocycles. The molecule has 6 nitrogen and oxygen atoms in total. The largest absolute Gasteiger partial charge is 0.441 e. The van der Waals surface area contributed by atoms with E-state index >= 15 is 0 Å². The van der Waals surface area contributed by atoms with Gasteiger partial charge in [-0.15, -0.1) is 0 Å². The summed E-state index contributed by atoms with van der Waals surface area (Å²) in [6.45, 7) is 2.25. The van der Waals surface area contributed by atoms with Crippen LogP contribution in [-0.2, 0) is 4.74 Å². The van der Waals surface area contributed by atoms with Crippen LogP contribution in [0.2, 0.25) is 0 Å². The third kappa shape index (κ3) is 3.25. The van der Waals surface area contributed by atoms with Crippen molar-refractivity contribution in [2.75, 3.05) is 42.6 Å². The first-order valence-electron chi connectivity index (χ1n) is 7.96. The van der Waals surface area contributed by atoms with E-state index in [1.54, 1.807) is 12.1 Å². The molecule has 2 aliphatic heterocycles. The minimum Gasteiger partial charge on any atom is -0.441 e. The molecule has 0 spiro atoms. The summed E-state index contributed by atoms with van der Waals surface area (Å²) >= 11 is 0.